The molecule has 0 saturated carbocycles. The first-order valence-electron chi connectivity index (χ1n) is 7.02. The number of carbonyl (C=O) groups excluding carboxylic acids is 1. The summed E-state index contributed by atoms with van der Waals surface area (Å²) in [6.07, 6.45) is 0.844. The van der Waals surface area contributed by atoms with Crippen LogP contribution in [0.5, 0.6) is 0 Å². The lowest BCUT2D eigenvalue weighted by atomic mass is 10.2. The van der Waals surface area contributed by atoms with Crippen LogP contribution in [0.1, 0.15) is 12.0 Å². The first kappa shape index (κ1) is 15.9. The van der Waals surface area contributed by atoms with Crippen molar-refractivity contribution in [1.82, 2.24) is 10.2 Å². The van der Waals surface area contributed by atoms with Gasteiger partial charge < -0.3 is 11.1 Å². The third-order valence-corrected chi connectivity index (χ3v) is 5.25. The molecule has 0 atom stereocenters. The Balaban J connectivity index is 1.98. The molecule has 1 fully saturated rings. The lowest BCUT2D eigenvalue weighted by Crippen LogP contribution is -2.35. The summed E-state index contributed by atoms with van der Waals surface area (Å²) >= 11 is 0. The molecule has 0 unspecified atom stereocenters. The smallest absolute Gasteiger partial charge is 0.234 e. The molecular formula is C14H21N3O3S. The molecule has 6 nitrogen and oxygen atoms in total. The number of hydrogen-bond acceptors (Lipinski definition) is 5. The minimum atomic E-state index is -3.33. The summed E-state index contributed by atoms with van der Waals surface area (Å²) in [5, 5.41) is 2.77. The van der Waals surface area contributed by atoms with Crippen molar-refractivity contribution in [2.45, 2.75) is 17.9 Å². The molecule has 3 N–H and O–H groups in total. The molecular weight excluding hydrogens is 290 g/mol. The van der Waals surface area contributed by atoms with Gasteiger partial charge in [0, 0.05) is 26.2 Å². The van der Waals surface area contributed by atoms with Crippen LogP contribution in [0.2, 0.25) is 0 Å². The van der Waals surface area contributed by atoms with Gasteiger partial charge in [-0.2, -0.15) is 0 Å². The summed E-state index contributed by atoms with van der Waals surface area (Å²) in [6, 6.07) is 6.64. The quantitative estimate of drug-likeness (QED) is 0.782. The monoisotopic (exact) mass is 311 g/mol. The molecule has 1 aromatic carbocycles. The first-order valence-corrected chi connectivity index (χ1v) is 8.67. The van der Waals surface area contributed by atoms with Gasteiger partial charge in [-0.15, -0.1) is 0 Å². The van der Waals surface area contributed by atoms with Gasteiger partial charge in [0.1, 0.15) is 0 Å². The fourth-order valence-electron chi connectivity index (χ4n) is 2.26. The molecule has 1 heterocycles. The van der Waals surface area contributed by atoms with Gasteiger partial charge in [0.2, 0.25) is 5.91 Å². The van der Waals surface area contributed by atoms with Gasteiger partial charge in [0.05, 0.1) is 17.2 Å². The second kappa shape index (κ2) is 7.02. The normalized spacial score (nSPS) is 17.3. The van der Waals surface area contributed by atoms with Gasteiger partial charge in [-0.05, 0) is 24.1 Å². The largest absolute Gasteiger partial charge is 0.355 e. The van der Waals surface area contributed by atoms with Gasteiger partial charge in [-0.3, -0.25) is 9.69 Å². The predicted octanol–water partition coefficient (Wildman–Crippen LogP) is -0.259. The van der Waals surface area contributed by atoms with E-state index < -0.39 is 9.84 Å². The topological polar surface area (TPSA) is 92.5 Å². The summed E-state index contributed by atoms with van der Waals surface area (Å²) in [5.74, 6) is -0.0281. The van der Waals surface area contributed by atoms with Crippen molar-refractivity contribution >= 4 is 15.7 Å². The number of amides is 1. The zero-order valence-electron chi connectivity index (χ0n) is 11.9. The second-order valence-electron chi connectivity index (χ2n) is 5.15. The molecule has 21 heavy (non-hydrogen) atoms. The highest BCUT2D eigenvalue weighted by atomic mass is 32.2. The molecule has 0 bridgehead atoms. The van der Waals surface area contributed by atoms with Crippen molar-refractivity contribution in [3.63, 3.8) is 0 Å². The van der Waals surface area contributed by atoms with E-state index in [-0.39, 0.29) is 18.2 Å². The molecule has 1 amide bonds. The summed E-state index contributed by atoms with van der Waals surface area (Å²) in [5.41, 5.74) is 6.40. The van der Waals surface area contributed by atoms with Crippen molar-refractivity contribution in [1.29, 1.82) is 0 Å². The molecule has 0 radical (unpaired) electrons. The van der Waals surface area contributed by atoms with Gasteiger partial charge in [0.25, 0.3) is 0 Å². The standard InChI is InChI=1S/C14H21N3O3S/c15-10-12-2-4-13(5-3-12)21(19,20)9-8-17-7-1-6-16-14(18)11-17/h2-5H,1,6-11,15H2,(H,16,18). The maximum absolute atomic E-state index is 12.3. The third kappa shape index (κ3) is 4.52. The Kier molecular flexibility index (Phi) is 5.33. The molecule has 2 rings (SSSR count). The SMILES string of the molecule is NCc1ccc(S(=O)(=O)CCN2CCCNC(=O)C2)cc1. The minimum absolute atomic E-state index is 0.0161. The number of nitrogens with two attached hydrogens (primary N) is 1. The predicted molar refractivity (Wildman–Crippen MR) is 80.5 cm³/mol. The average Bonchev–Trinajstić information content (AvgIpc) is 2.69. The lowest BCUT2D eigenvalue weighted by molar-refractivity contribution is -0.121. The highest BCUT2D eigenvalue weighted by Crippen LogP contribution is 2.13. The number of nitrogens with one attached hydrogen (secondary N) is 1. The average molecular weight is 311 g/mol. The van der Waals surface area contributed by atoms with E-state index in [1.165, 1.54) is 0 Å². The number of carbonyl (C=O) groups is 1. The van der Waals surface area contributed by atoms with E-state index in [0.717, 1.165) is 18.5 Å². The maximum Gasteiger partial charge on any atom is 0.234 e. The van der Waals surface area contributed by atoms with Crippen LogP contribution < -0.4 is 11.1 Å². The summed E-state index contributed by atoms with van der Waals surface area (Å²) in [6.45, 7) is 2.42. The van der Waals surface area contributed by atoms with Crippen LogP contribution in [0, 0.1) is 0 Å². The Hall–Kier alpha value is -1.44. The van der Waals surface area contributed by atoms with E-state index in [0.29, 0.717) is 24.5 Å². The van der Waals surface area contributed by atoms with Crippen LogP contribution >= 0.6 is 0 Å². The Labute approximate surface area is 125 Å². The van der Waals surface area contributed by atoms with Crippen LogP contribution in [0.4, 0.5) is 0 Å². The second-order valence-corrected chi connectivity index (χ2v) is 7.26. The van der Waals surface area contributed by atoms with Crippen LogP contribution in [0.15, 0.2) is 29.2 Å². The lowest BCUT2D eigenvalue weighted by Gasteiger charge is -2.18. The molecule has 1 saturated heterocycles. The fraction of sp³-hybridized carbons (Fsp3) is 0.500. The molecule has 0 aliphatic carbocycles. The molecule has 0 aromatic heterocycles. The van der Waals surface area contributed by atoms with Gasteiger partial charge in [0.15, 0.2) is 9.84 Å². The Bertz CT molecular complexity index is 584. The molecule has 7 heteroatoms. The first-order chi connectivity index (χ1) is 10.0. The Morgan fingerprint density at radius 2 is 1.95 bits per heavy atom. The van der Waals surface area contributed by atoms with Crippen molar-refractivity contribution in [3.8, 4) is 0 Å². The van der Waals surface area contributed by atoms with Gasteiger partial charge in [-0.1, -0.05) is 12.1 Å². The van der Waals surface area contributed by atoms with Crippen molar-refractivity contribution in [2.24, 2.45) is 5.73 Å². The number of sulfone groups is 1. The fourth-order valence-corrected chi connectivity index (χ4v) is 3.54. The maximum atomic E-state index is 12.3. The molecule has 1 aromatic rings. The highest BCUT2D eigenvalue weighted by molar-refractivity contribution is 7.91. The minimum Gasteiger partial charge on any atom is -0.355 e. The van der Waals surface area contributed by atoms with E-state index in [1.807, 2.05) is 4.90 Å². The van der Waals surface area contributed by atoms with Crippen LogP contribution in [-0.2, 0) is 21.2 Å². The van der Waals surface area contributed by atoms with Crippen LogP contribution in [0.25, 0.3) is 0 Å². The molecule has 1 aliphatic heterocycles. The van der Waals surface area contributed by atoms with E-state index in [9.17, 15) is 13.2 Å². The number of nitrogens with zero attached hydrogens (tertiary/aromatic N) is 1. The zero-order chi connectivity index (χ0) is 15.3. The highest BCUT2D eigenvalue weighted by Gasteiger charge is 2.19. The number of hydrogen-bond donors (Lipinski definition) is 2. The third-order valence-electron chi connectivity index (χ3n) is 3.53. The number of rotatable bonds is 5. The van der Waals surface area contributed by atoms with Crippen molar-refractivity contribution < 1.29 is 13.2 Å². The Morgan fingerprint density at radius 3 is 2.62 bits per heavy atom. The summed E-state index contributed by atoms with van der Waals surface area (Å²) in [4.78, 5) is 13.6. The van der Waals surface area contributed by atoms with E-state index >= 15 is 0 Å². The van der Waals surface area contributed by atoms with E-state index in [1.54, 1.807) is 24.3 Å². The molecule has 116 valence electrons. The van der Waals surface area contributed by atoms with Gasteiger partial charge in [-0.25, -0.2) is 8.42 Å². The molecule has 1 aliphatic rings. The summed E-state index contributed by atoms with van der Waals surface area (Å²) < 4.78 is 24.6. The number of benzene rings is 1. The van der Waals surface area contributed by atoms with E-state index in [2.05, 4.69) is 5.32 Å². The van der Waals surface area contributed by atoms with Crippen LogP contribution in [-0.4, -0.2) is 51.2 Å². The molecule has 0 spiro atoms. The van der Waals surface area contributed by atoms with E-state index in [4.69, 9.17) is 5.73 Å². The Morgan fingerprint density at radius 1 is 1.24 bits per heavy atom. The van der Waals surface area contributed by atoms with Crippen molar-refractivity contribution in [3.05, 3.63) is 29.8 Å². The zero-order valence-corrected chi connectivity index (χ0v) is 12.7. The van der Waals surface area contributed by atoms with Crippen LogP contribution in [0.3, 0.4) is 0 Å². The van der Waals surface area contributed by atoms with Crippen molar-refractivity contribution in [2.75, 3.05) is 31.9 Å². The van der Waals surface area contributed by atoms with Gasteiger partial charge >= 0.3 is 0 Å². The summed E-state index contributed by atoms with van der Waals surface area (Å²) in [7, 11) is -3.33.